The zero-order valence-corrected chi connectivity index (χ0v) is 20.4. The number of hydrogen-bond donors (Lipinski definition) is 0. The maximum atomic E-state index is 12.5. The fourth-order valence-corrected chi connectivity index (χ4v) is 4.75. The van der Waals surface area contributed by atoms with Gasteiger partial charge < -0.3 is 9.47 Å². The summed E-state index contributed by atoms with van der Waals surface area (Å²) in [6.45, 7) is 2.08. The molecule has 0 aliphatic carbocycles. The topological polar surface area (TPSA) is 51.1 Å². The summed E-state index contributed by atoms with van der Waals surface area (Å²) in [4.78, 5) is 12.5. The third-order valence-corrected chi connectivity index (χ3v) is 6.79. The molecule has 2 atom stereocenters. The molecule has 178 valence electrons. The summed E-state index contributed by atoms with van der Waals surface area (Å²) >= 11 is 5.91. The number of aryl methyl sites for hydroxylation is 1. The summed E-state index contributed by atoms with van der Waals surface area (Å²) in [5, 5.41) is 7.63. The molecule has 2 aliphatic rings. The van der Waals surface area contributed by atoms with E-state index in [-0.39, 0.29) is 6.04 Å². The summed E-state index contributed by atoms with van der Waals surface area (Å²) in [6.07, 6.45) is 0.408. The van der Waals surface area contributed by atoms with Crippen molar-refractivity contribution < 1.29 is 14.3 Å². The number of rotatable bonds is 4. The third kappa shape index (κ3) is 4.23. The Morgan fingerprint density at radius 3 is 2.42 bits per heavy atom. The summed E-state index contributed by atoms with van der Waals surface area (Å²) < 4.78 is 12.0. The van der Waals surface area contributed by atoms with Crippen LogP contribution in [0, 0.1) is 6.92 Å². The minimum atomic E-state index is -0.436. The monoisotopic (exact) mass is 494 g/mol. The molecule has 0 aromatic heterocycles. The van der Waals surface area contributed by atoms with Crippen LogP contribution in [0.25, 0.3) is 0 Å². The molecule has 2 aliphatic heterocycles. The van der Waals surface area contributed by atoms with E-state index in [4.69, 9.17) is 26.2 Å². The predicted octanol–water partition coefficient (Wildman–Crippen LogP) is 7.11. The number of nitrogens with zero attached hydrogens (tertiary/aromatic N) is 2. The van der Waals surface area contributed by atoms with Crippen LogP contribution >= 0.6 is 11.6 Å². The van der Waals surface area contributed by atoms with E-state index in [0.717, 1.165) is 34.6 Å². The minimum absolute atomic E-state index is 0.0821. The zero-order chi connectivity index (χ0) is 24.6. The van der Waals surface area contributed by atoms with Crippen molar-refractivity contribution in [3.8, 4) is 11.5 Å². The second-order valence-electron chi connectivity index (χ2n) is 8.99. The van der Waals surface area contributed by atoms with Crippen molar-refractivity contribution in [1.82, 2.24) is 5.01 Å². The molecule has 0 N–H and O–H groups in total. The number of benzene rings is 4. The highest BCUT2D eigenvalue weighted by molar-refractivity contribution is 6.30. The average Bonchev–Trinajstić information content (AvgIpc) is 3.35. The molecular weight excluding hydrogens is 472 g/mol. The number of esters is 1. The molecule has 0 saturated heterocycles. The molecular formula is C30H23ClN2O3. The lowest BCUT2D eigenvalue weighted by Gasteiger charge is -2.38. The Hall–Kier alpha value is -4.09. The summed E-state index contributed by atoms with van der Waals surface area (Å²) in [7, 11) is 0. The van der Waals surface area contributed by atoms with Gasteiger partial charge in [0, 0.05) is 22.6 Å². The highest BCUT2D eigenvalue weighted by Crippen LogP contribution is 2.47. The van der Waals surface area contributed by atoms with Crippen LogP contribution in [-0.2, 0) is 0 Å². The van der Waals surface area contributed by atoms with Crippen molar-refractivity contribution >= 4 is 23.3 Å². The molecule has 0 fully saturated rings. The predicted molar refractivity (Wildman–Crippen MR) is 140 cm³/mol. The lowest BCUT2D eigenvalue weighted by Crippen LogP contribution is -2.33. The standard InChI is InChI=1S/C30H23ClN2O3/c1-19-6-8-20(9-7-19)26-18-27-25-4-2-3-5-28(25)36-29(33(27)32-26)21-12-16-24(17-13-21)35-30(34)22-10-14-23(31)15-11-22/h2-17,27,29H,18H2,1H3/t27-,29+/m1/s1. The number of carbonyl (C=O) groups is 1. The van der Waals surface area contributed by atoms with Gasteiger partial charge in [-0.1, -0.05) is 59.6 Å². The van der Waals surface area contributed by atoms with Crippen molar-refractivity contribution in [2.24, 2.45) is 5.10 Å². The molecule has 6 rings (SSSR count). The average molecular weight is 495 g/mol. The molecule has 4 aromatic rings. The molecule has 2 heterocycles. The number of fused-ring (bicyclic) bond motifs is 3. The van der Waals surface area contributed by atoms with Crippen LogP contribution < -0.4 is 9.47 Å². The van der Waals surface area contributed by atoms with Gasteiger partial charge in [0.25, 0.3) is 0 Å². The van der Waals surface area contributed by atoms with Crippen LogP contribution in [0.3, 0.4) is 0 Å². The maximum Gasteiger partial charge on any atom is 0.343 e. The molecule has 5 nitrogen and oxygen atoms in total. The first kappa shape index (κ1) is 22.4. The Morgan fingerprint density at radius 2 is 1.67 bits per heavy atom. The zero-order valence-electron chi connectivity index (χ0n) is 19.6. The number of carbonyl (C=O) groups excluding carboxylic acids is 1. The largest absolute Gasteiger partial charge is 0.464 e. The van der Waals surface area contributed by atoms with Crippen LogP contribution in [0.5, 0.6) is 11.5 Å². The fourth-order valence-electron chi connectivity index (χ4n) is 4.63. The molecule has 0 amide bonds. The summed E-state index contributed by atoms with van der Waals surface area (Å²) in [6, 6.07) is 30.7. The van der Waals surface area contributed by atoms with Crippen LogP contribution in [-0.4, -0.2) is 16.7 Å². The number of hydrogen-bond acceptors (Lipinski definition) is 5. The third-order valence-electron chi connectivity index (χ3n) is 6.54. The number of halogens is 1. The molecule has 36 heavy (non-hydrogen) atoms. The van der Waals surface area contributed by atoms with Crippen molar-refractivity contribution in [2.75, 3.05) is 0 Å². The molecule has 0 saturated carbocycles. The lowest BCUT2D eigenvalue weighted by molar-refractivity contribution is -0.0190. The van der Waals surface area contributed by atoms with Gasteiger partial charge in [-0.05, 0) is 67.1 Å². The van der Waals surface area contributed by atoms with E-state index in [1.807, 2.05) is 35.3 Å². The second-order valence-corrected chi connectivity index (χ2v) is 9.42. The van der Waals surface area contributed by atoms with E-state index < -0.39 is 12.2 Å². The Labute approximate surface area is 214 Å². The van der Waals surface area contributed by atoms with Crippen molar-refractivity contribution in [1.29, 1.82) is 0 Å². The van der Waals surface area contributed by atoms with E-state index in [1.54, 1.807) is 36.4 Å². The van der Waals surface area contributed by atoms with Gasteiger partial charge in [-0.2, -0.15) is 5.10 Å². The van der Waals surface area contributed by atoms with Crippen LogP contribution in [0.1, 0.15) is 51.3 Å². The van der Waals surface area contributed by atoms with Crippen molar-refractivity contribution in [3.05, 3.63) is 130 Å². The van der Waals surface area contributed by atoms with Gasteiger partial charge in [-0.3, -0.25) is 0 Å². The Morgan fingerprint density at radius 1 is 0.944 bits per heavy atom. The van der Waals surface area contributed by atoms with Gasteiger partial charge in [-0.25, -0.2) is 9.80 Å². The van der Waals surface area contributed by atoms with E-state index in [2.05, 4.69) is 37.3 Å². The number of para-hydroxylation sites is 1. The van der Waals surface area contributed by atoms with Gasteiger partial charge >= 0.3 is 5.97 Å². The quantitative estimate of drug-likeness (QED) is 0.224. The Balaban J connectivity index is 1.28. The molecule has 4 aromatic carbocycles. The SMILES string of the molecule is Cc1ccc(C2=NN3[C@H](C2)c2ccccc2O[C@H]3c2ccc(OC(=O)c3ccc(Cl)cc3)cc2)cc1. The Bertz CT molecular complexity index is 1450. The molecule has 6 heteroatoms. The van der Waals surface area contributed by atoms with E-state index in [1.165, 1.54) is 5.56 Å². The minimum Gasteiger partial charge on any atom is -0.464 e. The molecule has 0 unspecified atom stereocenters. The van der Waals surface area contributed by atoms with E-state index in [9.17, 15) is 4.79 Å². The van der Waals surface area contributed by atoms with Crippen LogP contribution in [0.4, 0.5) is 0 Å². The van der Waals surface area contributed by atoms with Crippen LogP contribution in [0.15, 0.2) is 102 Å². The summed E-state index contributed by atoms with van der Waals surface area (Å²) in [5.74, 6) is 0.883. The highest BCUT2D eigenvalue weighted by Gasteiger charge is 2.40. The molecule has 0 bridgehead atoms. The van der Waals surface area contributed by atoms with Crippen molar-refractivity contribution in [3.63, 3.8) is 0 Å². The number of ether oxygens (including phenoxy) is 2. The maximum absolute atomic E-state index is 12.5. The first-order chi connectivity index (χ1) is 17.5. The van der Waals surface area contributed by atoms with Gasteiger partial charge in [0.15, 0.2) is 0 Å². The highest BCUT2D eigenvalue weighted by atomic mass is 35.5. The van der Waals surface area contributed by atoms with Gasteiger partial charge in [0.2, 0.25) is 6.23 Å². The first-order valence-corrected chi connectivity index (χ1v) is 12.2. The van der Waals surface area contributed by atoms with Gasteiger partial charge in [0.05, 0.1) is 17.3 Å². The number of hydrazone groups is 1. The van der Waals surface area contributed by atoms with E-state index in [0.29, 0.717) is 16.3 Å². The summed E-state index contributed by atoms with van der Waals surface area (Å²) in [5.41, 5.74) is 5.88. The Kier molecular flexibility index (Phi) is 5.70. The molecule has 0 radical (unpaired) electrons. The van der Waals surface area contributed by atoms with Crippen LogP contribution in [0.2, 0.25) is 5.02 Å². The lowest BCUT2D eigenvalue weighted by atomic mass is 9.95. The normalized spacial score (nSPS) is 18.1. The van der Waals surface area contributed by atoms with Gasteiger partial charge in [-0.15, -0.1) is 0 Å². The smallest absolute Gasteiger partial charge is 0.343 e. The van der Waals surface area contributed by atoms with E-state index >= 15 is 0 Å². The van der Waals surface area contributed by atoms with Crippen molar-refractivity contribution in [2.45, 2.75) is 25.6 Å². The molecule has 0 spiro atoms. The van der Waals surface area contributed by atoms with Gasteiger partial charge in [0.1, 0.15) is 11.5 Å². The first-order valence-electron chi connectivity index (χ1n) is 11.8. The fraction of sp³-hybridized carbons (Fsp3) is 0.133. The second kappa shape index (κ2) is 9.17.